The van der Waals surface area contributed by atoms with E-state index in [1.807, 2.05) is 31.2 Å². The number of nitrogens with zero attached hydrogens (tertiary/aromatic N) is 5. The predicted octanol–water partition coefficient (Wildman–Crippen LogP) is 3.86. The molecule has 11 heteroatoms. The molecule has 202 valence electrons. The molecule has 40 heavy (non-hydrogen) atoms. The summed E-state index contributed by atoms with van der Waals surface area (Å²) in [5.74, 6) is -0.555. The smallest absolute Gasteiger partial charge is 0.328 e. The molecule has 2 heterocycles. The Kier molecular flexibility index (Phi) is 7.56. The van der Waals surface area contributed by atoms with Gasteiger partial charge in [-0.05, 0) is 74.0 Å². The Morgan fingerprint density at radius 1 is 1.05 bits per heavy atom. The van der Waals surface area contributed by atoms with Crippen LogP contribution < -0.4 is 10.9 Å². The third-order valence-electron chi connectivity index (χ3n) is 6.48. The maximum Gasteiger partial charge on any atom is 0.328 e. The third-order valence-corrected chi connectivity index (χ3v) is 6.98. The first-order valence-corrected chi connectivity index (χ1v) is 13.2. The number of benzene rings is 3. The van der Waals surface area contributed by atoms with Crippen LogP contribution >= 0.6 is 15.9 Å². The highest BCUT2D eigenvalue weighted by Crippen LogP contribution is 2.19. The minimum atomic E-state index is -0.983. The molecule has 0 bridgehead atoms. The molecule has 2 aromatic heterocycles. The lowest BCUT2D eigenvalue weighted by molar-refractivity contribution is -0.142. The molecule has 0 aliphatic rings. The van der Waals surface area contributed by atoms with Gasteiger partial charge in [-0.25, -0.2) is 14.5 Å². The van der Waals surface area contributed by atoms with E-state index in [9.17, 15) is 14.4 Å². The normalized spacial score (nSPS) is 11.8. The molecule has 1 atom stereocenters. The molecule has 5 aromatic rings. The van der Waals surface area contributed by atoms with Gasteiger partial charge in [0.1, 0.15) is 11.9 Å². The molecule has 3 aromatic carbocycles. The van der Waals surface area contributed by atoms with Crippen molar-refractivity contribution in [1.82, 2.24) is 29.9 Å². The number of halogens is 1. The maximum atomic E-state index is 13.1. The molecule has 0 saturated carbocycles. The van der Waals surface area contributed by atoms with E-state index in [2.05, 4.69) is 36.5 Å². The summed E-state index contributed by atoms with van der Waals surface area (Å²) in [4.78, 5) is 43.2. The number of nitrogens with one attached hydrogen (secondary N) is 1. The van der Waals surface area contributed by atoms with E-state index in [1.165, 1.54) is 11.7 Å². The minimum Gasteiger partial charge on any atom is -0.467 e. The van der Waals surface area contributed by atoms with E-state index in [0.717, 1.165) is 15.7 Å². The zero-order valence-electron chi connectivity index (χ0n) is 22.0. The molecule has 0 aliphatic carbocycles. The van der Waals surface area contributed by atoms with Gasteiger partial charge in [-0.3, -0.25) is 14.2 Å². The Morgan fingerprint density at radius 3 is 2.52 bits per heavy atom. The van der Waals surface area contributed by atoms with Crippen LogP contribution in [0.25, 0.3) is 22.3 Å². The molecule has 0 aliphatic heterocycles. The molecule has 1 unspecified atom stereocenters. The molecular formula is C29H25BrN6O4. The van der Waals surface area contributed by atoms with E-state index in [0.29, 0.717) is 33.7 Å². The zero-order valence-corrected chi connectivity index (χ0v) is 23.5. The first-order chi connectivity index (χ1) is 19.2. The lowest BCUT2D eigenvalue weighted by Gasteiger charge is -2.16. The Labute approximate surface area is 237 Å². The lowest BCUT2D eigenvalue weighted by Crippen LogP contribution is -2.43. The first-order valence-electron chi connectivity index (χ1n) is 12.4. The topological polar surface area (TPSA) is 121 Å². The van der Waals surface area contributed by atoms with Crippen LogP contribution in [0.4, 0.5) is 0 Å². The predicted molar refractivity (Wildman–Crippen MR) is 153 cm³/mol. The summed E-state index contributed by atoms with van der Waals surface area (Å²) in [6, 6.07) is 18.5. The standard InChI is InChI=1S/C29H25BrN6O4/c1-17-14-20(30)10-13-26(17)35-16-21(33-34-35)15-25(29(39)40-3)32-27(37)19-8-11-22(12-9-19)36-18(2)31-24-7-5-4-6-23(24)28(36)38/h4-14,16,25H,15H2,1-3H3,(H,32,37). The van der Waals surface area contributed by atoms with Crippen LogP contribution in [0.3, 0.4) is 0 Å². The van der Waals surface area contributed by atoms with Crippen molar-refractivity contribution in [3.05, 3.63) is 110 Å². The number of para-hydroxylation sites is 1. The highest BCUT2D eigenvalue weighted by Gasteiger charge is 2.24. The van der Waals surface area contributed by atoms with Gasteiger partial charge in [-0.2, -0.15) is 0 Å². The minimum absolute atomic E-state index is 0.0867. The van der Waals surface area contributed by atoms with Crippen molar-refractivity contribution in [3.63, 3.8) is 0 Å². The highest BCUT2D eigenvalue weighted by molar-refractivity contribution is 9.10. The Hall–Kier alpha value is -4.64. The summed E-state index contributed by atoms with van der Waals surface area (Å²) in [6.45, 7) is 3.71. The molecule has 1 N–H and O–H groups in total. The van der Waals surface area contributed by atoms with Crippen LogP contribution in [0.1, 0.15) is 27.4 Å². The number of rotatable bonds is 7. The summed E-state index contributed by atoms with van der Waals surface area (Å²) < 4.78 is 9.00. The van der Waals surface area contributed by atoms with Gasteiger partial charge in [0.15, 0.2) is 0 Å². The Morgan fingerprint density at radius 2 is 1.80 bits per heavy atom. The Bertz CT molecular complexity index is 1800. The summed E-state index contributed by atoms with van der Waals surface area (Å²) in [5, 5.41) is 11.6. The van der Waals surface area contributed by atoms with E-state index in [4.69, 9.17) is 4.74 Å². The number of carbonyl (C=O) groups is 2. The Balaban J connectivity index is 1.34. The summed E-state index contributed by atoms with van der Waals surface area (Å²) >= 11 is 3.45. The average molecular weight is 601 g/mol. The second-order valence-electron chi connectivity index (χ2n) is 9.20. The third kappa shape index (κ3) is 5.41. The highest BCUT2D eigenvalue weighted by atomic mass is 79.9. The average Bonchev–Trinajstić information content (AvgIpc) is 3.40. The van der Waals surface area contributed by atoms with Crippen molar-refractivity contribution in [3.8, 4) is 11.4 Å². The van der Waals surface area contributed by atoms with Gasteiger partial charge in [0.25, 0.3) is 11.5 Å². The van der Waals surface area contributed by atoms with Gasteiger partial charge in [-0.1, -0.05) is 33.3 Å². The van der Waals surface area contributed by atoms with Crippen LogP contribution in [0.5, 0.6) is 0 Å². The molecule has 5 rings (SSSR count). The number of methoxy groups -OCH3 is 1. The van der Waals surface area contributed by atoms with Crippen molar-refractivity contribution >= 4 is 38.7 Å². The molecule has 0 saturated heterocycles. The SMILES string of the molecule is COC(=O)C(Cc1cn(-c2ccc(Br)cc2C)nn1)NC(=O)c1ccc(-n2c(C)nc3ccccc3c2=O)cc1. The quantitative estimate of drug-likeness (QED) is 0.281. The van der Waals surface area contributed by atoms with Crippen LogP contribution in [-0.2, 0) is 16.0 Å². The second-order valence-corrected chi connectivity index (χ2v) is 10.1. The molecule has 10 nitrogen and oxygen atoms in total. The van der Waals surface area contributed by atoms with Gasteiger partial charge >= 0.3 is 5.97 Å². The molecule has 0 fully saturated rings. The number of ether oxygens (including phenoxy) is 1. The fourth-order valence-electron chi connectivity index (χ4n) is 4.48. The van der Waals surface area contributed by atoms with E-state index in [-0.39, 0.29) is 12.0 Å². The summed E-state index contributed by atoms with van der Waals surface area (Å²) in [5.41, 5.74) is 3.65. The number of esters is 1. The van der Waals surface area contributed by atoms with Crippen molar-refractivity contribution < 1.29 is 14.3 Å². The first kappa shape index (κ1) is 26.9. The lowest BCUT2D eigenvalue weighted by atomic mass is 10.1. The number of aryl methyl sites for hydroxylation is 2. The van der Waals surface area contributed by atoms with E-state index >= 15 is 0 Å². The van der Waals surface area contributed by atoms with Gasteiger partial charge in [-0.15, -0.1) is 5.10 Å². The largest absolute Gasteiger partial charge is 0.467 e. The van der Waals surface area contributed by atoms with E-state index in [1.54, 1.807) is 60.3 Å². The van der Waals surface area contributed by atoms with Crippen molar-refractivity contribution in [2.45, 2.75) is 26.3 Å². The van der Waals surface area contributed by atoms with Crippen LogP contribution in [0.15, 0.2) is 82.2 Å². The molecule has 1 amide bonds. The van der Waals surface area contributed by atoms with Crippen LogP contribution in [0, 0.1) is 13.8 Å². The number of carbonyl (C=O) groups excluding carboxylic acids is 2. The monoisotopic (exact) mass is 600 g/mol. The maximum absolute atomic E-state index is 13.1. The molecular weight excluding hydrogens is 576 g/mol. The van der Waals surface area contributed by atoms with Gasteiger partial charge < -0.3 is 10.1 Å². The van der Waals surface area contributed by atoms with Crippen molar-refractivity contribution in [2.24, 2.45) is 0 Å². The molecule has 0 spiro atoms. The second kappa shape index (κ2) is 11.2. The number of aromatic nitrogens is 5. The number of amides is 1. The van der Waals surface area contributed by atoms with Gasteiger partial charge in [0, 0.05) is 16.5 Å². The number of hydrogen-bond acceptors (Lipinski definition) is 7. The van der Waals surface area contributed by atoms with Crippen LogP contribution in [-0.4, -0.2) is 49.6 Å². The van der Waals surface area contributed by atoms with Gasteiger partial charge in [0.2, 0.25) is 0 Å². The zero-order chi connectivity index (χ0) is 28.4. The van der Waals surface area contributed by atoms with Crippen molar-refractivity contribution in [2.75, 3.05) is 7.11 Å². The molecule has 0 radical (unpaired) electrons. The fraction of sp³-hybridized carbons (Fsp3) is 0.172. The van der Waals surface area contributed by atoms with Gasteiger partial charge in [0.05, 0.1) is 41.3 Å². The van der Waals surface area contributed by atoms with E-state index < -0.39 is 17.9 Å². The summed E-state index contributed by atoms with van der Waals surface area (Å²) in [7, 11) is 1.26. The number of hydrogen-bond donors (Lipinski definition) is 1. The fourth-order valence-corrected chi connectivity index (χ4v) is 4.96. The summed E-state index contributed by atoms with van der Waals surface area (Å²) in [6.07, 6.45) is 1.80. The number of fused-ring (bicyclic) bond motifs is 1. The van der Waals surface area contributed by atoms with Crippen LogP contribution in [0.2, 0.25) is 0 Å². The van der Waals surface area contributed by atoms with Crippen molar-refractivity contribution in [1.29, 1.82) is 0 Å².